The standard InChI is InChI=1S/C19H15N3O5S/c20-9-14-7-8-28-18(14)21-15(23)11-27-19(26)13-3-1-12(2-4-13)10-22-16(24)5-6-17(22)25/h1-4,7-8H,5-6,10-11H2,(H,21,23). The van der Waals surface area contributed by atoms with Crippen LogP contribution in [-0.4, -0.2) is 35.2 Å². The summed E-state index contributed by atoms with van der Waals surface area (Å²) in [5.74, 6) is -1.63. The number of carbonyl (C=O) groups excluding carboxylic acids is 4. The molecule has 3 amide bonds. The average molecular weight is 397 g/mol. The van der Waals surface area contributed by atoms with Gasteiger partial charge in [0.15, 0.2) is 6.61 Å². The molecule has 0 atom stereocenters. The van der Waals surface area contributed by atoms with E-state index in [4.69, 9.17) is 10.00 Å². The molecule has 0 radical (unpaired) electrons. The van der Waals surface area contributed by atoms with Gasteiger partial charge in [0.05, 0.1) is 17.7 Å². The fourth-order valence-electron chi connectivity index (χ4n) is 2.60. The first-order valence-corrected chi connectivity index (χ1v) is 9.22. The Hall–Kier alpha value is -3.51. The summed E-state index contributed by atoms with van der Waals surface area (Å²) >= 11 is 1.20. The third-order valence-electron chi connectivity index (χ3n) is 4.06. The van der Waals surface area contributed by atoms with Crippen molar-refractivity contribution in [1.82, 2.24) is 4.90 Å². The molecule has 1 fully saturated rings. The van der Waals surface area contributed by atoms with E-state index in [1.54, 1.807) is 23.6 Å². The molecule has 0 bridgehead atoms. The van der Waals surface area contributed by atoms with Crippen LogP contribution in [0.1, 0.15) is 34.3 Å². The van der Waals surface area contributed by atoms with E-state index in [-0.39, 0.29) is 36.8 Å². The van der Waals surface area contributed by atoms with Gasteiger partial charge in [0.1, 0.15) is 11.1 Å². The minimum Gasteiger partial charge on any atom is -0.452 e. The van der Waals surface area contributed by atoms with Crippen LogP contribution in [0.3, 0.4) is 0 Å². The second-order valence-corrected chi connectivity index (χ2v) is 6.89. The number of hydrogen-bond donors (Lipinski definition) is 1. The van der Waals surface area contributed by atoms with Gasteiger partial charge in [-0.05, 0) is 29.1 Å². The van der Waals surface area contributed by atoms with Crippen LogP contribution in [0.4, 0.5) is 5.00 Å². The Labute approximate surface area is 164 Å². The second kappa shape index (κ2) is 8.45. The third-order valence-corrected chi connectivity index (χ3v) is 4.89. The van der Waals surface area contributed by atoms with Crippen LogP contribution in [0.5, 0.6) is 0 Å². The van der Waals surface area contributed by atoms with E-state index in [1.807, 2.05) is 6.07 Å². The predicted molar refractivity (Wildman–Crippen MR) is 99.2 cm³/mol. The van der Waals surface area contributed by atoms with Crippen molar-refractivity contribution in [3.8, 4) is 6.07 Å². The molecule has 2 aromatic rings. The van der Waals surface area contributed by atoms with Crippen molar-refractivity contribution in [2.75, 3.05) is 11.9 Å². The first-order chi connectivity index (χ1) is 13.5. The Morgan fingerprint density at radius 3 is 2.46 bits per heavy atom. The molecule has 1 aliphatic heterocycles. The third kappa shape index (κ3) is 4.42. The van der Waals surface area contributed by atoms with E-state index in [2.05, 4.69) is 5.32 Å². The molecule has 8 nitrogen and oxygen atoms in total. The Morgan fingerprint density at radius 1 is 1.14 bits per heavy atom. The van der Waals surface area contributed by atoms with Crippen LogP contribution < -0.4 is 5.32 Å². The van der Waals surface area contributed by atoms with E-state index in [0.29, 0.717) is 16.1 Å². The zero-order chi connectivity index (χ0) is 20.1. The predicted octanol–water partition coefficient (Wildman–Crippen LogP) is 2.06. The molecule has 1 saturated heterocycles. The maximum absolute atomic E-state index is 12.1. The van der Waals surface area contributed by atoms with Gasteiger partial charge in [-0.25, -0.2) is 4.79 Å². The Bertz CT molecular complexity index is 958. The molecule has 9 heteroatoms. The number of amides is 3. The minimum absolute atomic E-state index is 0.164. The van der Waals surface area contributed by atoms with E-state index < -0.39 is 18.5 Å². The van der Waals surface area contributed by atoms with Crippen molar-refractivity contribution in [2.24, 2.45) is 0 Å². The number of nitriles is 1. The van der Waals surface area contributed by atoms with Crippen LogP contribution in [0, 0.1) is 11.3 Å². The van der Waals surface area contributed by atoms with E-state index >= 15 is 0 Å². The first kappa shape index (κ1) is 19.3. The number of esters is 1. The lowest BCUT2D eigenvalue weighted by Crippen LogP contribution is -2.28. The summed E-state index contributed by atoms with van der Waals surface area (Å²) in [6, 6.07) is 9.80. The zero-order valence-corrected chi connectivity index (χ0v) is 15.5. The summed E-state index contributed by atoms with van der Waals surface area (Å²) in [7, 11) is 0. The van der Waals surface area contributed by atoms with Gasteiger partial charge in [-0.2, -0.15) is 5.26 Å². The Kier molecular flexibility index (Phi) is 5.81. The second-order valence-electron chi connectivity index (χ2n) is 5.97. The summed E-state index contributed by atoms with van der Waals surface area (Å²) in [6.45, 7) is -0.322. The van der Waals surface area contributed by atoms with Crippen LogP contribution >= 0.6 is 11.3 Å². The summed E-state index contributed by atoms with van der Waals surface area (Å²) in [5.41, 5.74) is 1.29. The number of carbonyl (C=O) groups is 4. The van der Waals surface area contributed by atoms with E-state index in [1.165, 1.54) is 28.4 Å². The van der Waals surface area contributed by atoms with Gasteiger partial charge in [0.2, 0.25) is 11.8 Å². The number of nitrogens with zero attached hydrogens (tertiary/aromatic N) is 2. The minimum atomic E-state index is -0.679. The quantitative estimate of drug-likeness (QED) is 0.589. The molecule has 142 valence electrons. The normalized spacial score (nSPS) is 13.3. The SMILES string of the molecule is N#Cc1ccsc1NC(=O)COC(=O)c1ccc(CN2C(=O)CCC2=O)cc1. The van der Waals surface area contributed by atoms with Crippen molar-refractivity contribution in [3.05, 3.63) is 52.4 Å². The molecule has 1 aromatic carbocycles. The van der Waals surface area contributed by atoms with Crippen LogP contribution in [0.25, 0.3) is 0 Å². The highest BCUT2D eigenvalue weighted by Crippen LogP contribution is 2.22. The summed E-state index contributed by atoms with van der Waals surface area (Å²) in [5, 5.41) is 13.5. The maximum Gasteiger partial charge on any atom is 0.338 e. The average Bonchev–Trinajstić information content (AvgIpc) is 3.27. The lowest BCUT2D eigenvalue weighted by atomic mass is 10.1. The van der Waals surface area contributed by atoms with Gasteiger partial charge >= 0.3 is 5.97 Å². The summed E-state index contributed by atoms with van der Waals surface area (Å²) in [4.78, 5) is 48.4. The van der Waals surface area contributed by atoms with Crippen molar-refractivity contribution in [1.29, 1.82) is 5.26 Å². The molecule has 1 N–H and O–H groups in total. The highest BCUT2D eigenvalue weighted by atomic mass is 32.1. The number of hydrogen-bond acceptors (Lipinski definition) is 7. The summed E-state index contributed by atoms with van der Waals surface area (Å²) < 4.78 is 4.97. The first-order valence-electron chi connectivity index (χ1n) is 8.34. The van der Waals surface area contributed by atoms with Crippen LogP contribution in [0.2, 0.25) is 0 Å². The number of rotatable bonds is 6. The number of likely N-dealkylation sites (tertiary alicyclic amines) is 1. The molecule has 0 spiro atoms. The monoisotopic (exact) mass is 397 g/mol. The smallest absolute Gasteiger partial charge is 0.338 e. The van der Waals surface area contributed by atoms with Crippen molar-refractivity contribution in [3.63, 3.8) is 0 Å². The van der Waals surface area contributed by atoms with Crippen LogP contribution in [-0.2, 0) is 25.7 Å². The number of ether oxygens (including phenoxy) is 1. The molecule has 3 rings (SSSR count). The van der Waals surface area contributed by atoms with E-state index in [9.17, 15) is 19.2 Å². The number of anilines is 1. The fourth-order valence-corrected chi connectivity index (χ4v) is 3.35. The number of imide groups is 1. The summed E-state index contributed by atoms with van der Waals surface area (Å²) in [6.07, 6.45) is 0.458. The molecule has 28 heavy (non-hydrogen) atoms. The number of thiophene rings is 1. The van der Waals surface area contributed by atoms with Gasteiger partial charge in [0.25, 0.3) is 5.91 Å². The zero-order valence-electron chi connectivity index (χ0n) is 14.6. The van der Waals surface area contributed by atoms with Crippen LogP contribution in [0.15, 0.2) is 35.7 Å². The molecule has 0 saturated carbocycles. The largest absolute Gasteiger partial charge is 0.452 e. The Balaban J connectivity index is 1.52. The van der Waals surface area contributed by atoms with Gasteiger partial charge in [-0.1, -0.05) is 12.1 Å². The molecular weight excluding hydrogens is 382 g/mol. The van der Waals surface area contributed by atoms with Crippen molar-refractivity contribution < 1.29 is 23.9 Å². The molecular formula is C19H15N3O5S. The lowest BCUT2D eigenvalue weighted by molar-refractivity contribution is -0.139. The highest BCUT2D eigenvalue weighted by Gasteiger charge is 2.28. The fraction of sp³-hybridized carbons (Fsp3) is 0.211. The van der Waals surface area contributed by atoms with Gasteiger partial charge in [-0.3, -0.25) is 19.3 Å². The number of benzene rings is 1. The van der Waals surface area contributed by atoms with E-state index in [0.717, 1.165) is 0 Å². The van der Waals surface area contributed by atoms with Gasteiger partial charge in [-0.15, -0.1) is 11.3 Å². The molecule has 1 aliphatic rings. The van der Waals surface area contributed by atoms with Gasteiger partial charge in [0, 0.05) is 12.8 Å². The molecule has 1 aromatic heterocycles. The molecule has 0 aliphatic carbocycles. The Morgan fingerprint density at radius 2 is 1.82 bits per heavy atom. The topological polar surface area (TPSA) is 117 Å². The lowest BCUT2D eigenvalue weighted by Gasteiger charge is -2.13. The maximum atomic E-state index is 12.1. The van der Waals surface area contributed by atoms with Crippen molar-refractivity contribution in [2.45, 2.75) is 19.4 Å². The number of nitrogens with one attached hydrogen (secondary N) is 1. The molecule has 2 heterocycles. The van der Waals surface area contributed by atoms with Gasteiger partial charge < -0.3 is 10.1 Å². The molecule has 0 unspecified atom stereocenters. The highest BCUT2D eigenvalue weighted by molar-refractivity contribution is 7.14. The van der Waals surface area contributed by atoms with Crippen molar-refractivity contribution >= 4 is 40.0 Å².